The van der Waals surface area contributed by atoms with Crippen molar-refractivity contribution in [3.8, 4) is 0 Å². The number of para-hydroxylation sites is 1. The zero-order chi connectivity index (χ0) is 15.2. The Kier molecular flexibility index (Phi) is 5.39. The van der Waals surface area contributed by atoms with Gasteiger partial charge in [-0.15, -0.1) is 0 Å². The molecule has 0 unspecified atom stereocenters. The highest BCUT2D eigenvalue weighted by Gasteiger charge is 2.05. The van der Waals surface area contributed by atoms with E-state index in [1.54, 1.807) is 0 Å². The molecular formula is C17H19BrN2O. The second kappa shape index (κ2) is 7.27. The molecule has 1 amide bonds. The van der Waals surface area contributed by atoms with E-state index in [1.807, 2.05) is 62.4 Å². The lowest BCUT2D eigenvalue weighted by atomic mass is 10.1. The molecule has 0 saturated carbocycles. The Morgan fingerprint density at radius 1 is 1.05 bits per heavy atom. The van der Waals surface area contributed by atoms with Crippen molar-refractivity contribution in [2.75, 3.05) is 10.6 Å². The monoisotopic (exact) mass is 346 g/mol. The lowest BCUT2D eigenvalue weighted by Gasteiger charge is -2.10. The molecule has 0 aliphatic carbocycles. The van der Waals surface area contributed by atoms with Gasteiger partial charge in [0.15, 0.2) is 0 Å². The molecule has 0 aliphatic rings. The molecule has 2 aromatic carbocycles. The van der Waals surface area contributed by atoms with Gasteiger partial charge in [-0.05, 0) is 58.2 Å². The van der Waals surface area contributed by atoms with Crippen LogP contribution in [-0.4, -0.2) is 5.91 Å². The predicted octanol–water partition coefficient (Wildman–Crippen LogP) is 5.18. The highest BCUT2D eigenvalue weighted by Crippen LogP contribution is 2.26. The van der Waals surface area contributed by atoms with Crippen LogP contribution in [0.4, 0.5) is 17.1 Å². The van der Waals surface area contributed by atoms with E-state index in [1.165, 1.54) is 0 Å². The average molecular weight is 347 g/mol. The third kappa shape index (κ3) is 4.90. The number of carbonyl (C=O) groups is 1. The van der Waals surface area contributed by atoms with Gasteiger partial charge in [-0.1, -0.05) is 26.0 Å². The number of carbonyl (C=O) groups excluding carboxylic acids is 1. The number of halogens is 1. The molecule has 0 fully saturated rings. The molecule has 2 aromatic rings. The molecule has 2 N–H and O–H groups in total. The Morgan fingerprint density at radius 2 is 1.67 bits per heavy atom. The maximum atomic E-state index is 11.7. The Hall–Kier alpha value is -1.81. The molecule has 3 nitrogen and oxygen atoms in total. The predicted molar refractivity (Wildman–Crippen MR) is 92.0 cm³/mol. The summed E-state index contributed by atoms with van der Waals surface area (Å²) in [6, 6.07) is 15.6. The van der Waals surface area contributed by atoms with Gasteiger partial charge in [0.05, 0.1) is 5.69 Å². The molecular weight excluding hydrogens is 328 g/mol. The van der Waals surface area contributed by atoms with Gasteiger partial charge in [0.1, 0.15) is 0 Å². The Balaban J connectivity index is 1.99. The standard InChI is InChI=1S/C17H19BrN2O/c1-12(2)11-17(21)20-14-9-7-13(8-10-14)19-16-6-4-3-5-15(16)18/h3-10,12,19H,11H2,1-2H3,(H,20,21). The number of benzene rings is 2. The molecule has 0 spiro atoms. The lowest BCUT2D eigenvalue weighted by Crippen LogP contribution is -2.13. The minimum Gasteiger partial charge on any atom is -0.355 e. The van der Waals surface area contributed by atoms with Crippen LogP contribution in [0.2, 0.25) is 0 Å². The number of anilines is 3. The summed E-state index contributed by atoms with van der Waals surface area (Å²) in [5.41, 5.74) is 2.80. The summed E-state index contributed by atoms with van der Waals surface area (Å²) >= 11 is 3.50. The first-order valence-electron chi connectivity index (χ1n) is 6.96. The second-order valence-corrected chi connectivity index (χ2v) is 6.18. The minimum atomic E-state index is 0.0523. The molecule has 0 saturated heterocycles. The van der Waals surface area contributed by atoms with E-state index < -0.39 is 0 Å². The smallest absolute Gasteiger partial charge is 0.224 e. The van der Waals surface area contributed by atoms with Crippen molar-refractivity contribution in [3.63, 3.8) is 0 Å². The van der Waals surface area contributed by atoms with Crippen LogP contribution in [0.1, 0.15) is 20.3 Å². The Labute approximate surface area is 133 Å². The van der Waals surface area contributed by atoms with Gasteiger partial charge in [0.25, 0.3) is 0 Å². The summed E-state index contributed by atoms with van der Waals surface area (Å²) in [6.07, 6.45) is 0.539. The lowest BCUT2D eigenvalue weighted by molar-refractivity contribution is -0.116. The average Bonchev–Trinajstić information content (AvgIpc) is 2.42. The van der Waals surface area contributed by atoms with E-state index >= 15 is 0 Å². The summed E-state index contributed by atoms with van der Waals surface area (Å²) in [7, 11) is 0. The number of amides is 1. The SMILES string of the molecule is CC(C)CC(=O)Nc1ccc(Nc2ccccc2Br)cc1. The minimum absolute atomic E-state index is 0.0523. The van der Waals surface area contributed by atoms with Gasteiger partial charge < -0.3 is 10.6 Å². The summed E-state index contributed by atoms with van der Waals surface area (Å²) in [5.74, 6) is 0.415. The molecule has 0 bridgehead atoms. The maximum absolute atomic E-state index is 11.7. The van der Waals surface area contributed by atoms with Gasteiger partial charge >= 0.3 is 0 Å². The molecule has 4 heteroatoms. The van der Waals surface area contributed by atoms with Crippen molar-refractivity contribution in [3.05, 3.63) is 53.0 Å². The molecule has 0 aliphatic heterocycles. The van der Waals surface area contributed by atoms with Crippen LogP contribution in [0.5, 0.6) is 0 Å². The number of rotatable bonds is 5. The molecule has 0 heterocycles. The molecule has 0 radical (unpaired) electrons. The second-order valence-electron chi connectivity index (χ2n) is 5.33. The van der Waals surface area contributed by atoms with Crippen LogP contribution in [0.3, 0.4) is 0 Å². The number of nitrogens with one attached hydrogen (secondary N) is 2. The third-order valence-electron chi connectivity index (χ3n) is 2.92. The van der Waals surface area contributed by atoms with E-state index in [4.69, 9.17) is 0 Å². The molecule has 0 aromatic heterocycles. The van der Waals surface area contributed by atoms with Crippen LogP contribution >= 0.6 is 15.9 Å². The van der Waals surface area contributed by atoms with Crippen molar-refractivity contribution in [1.82, 2.24) is 0 Å². The highest BCUT2D eigenvalue weighted by molar-refractivity contribution is 9.10. The zero-order valence-corrected chi connectivity index (χ0v) is 13.8. The molecule has 21 heavy (non-hydrogen) atoms. The van der Waals surface area contributed by atoms with E-state index in [-0.39, 0.29) is 5.91 Å². The fourth-order valence-corrected chi connectivity index (χ4v) is 2.32. The van der Waals surface area contributed by atoms with Gasteiger partial charge in [0.2, 0.25) is 5.91 Å². The van der Waals surface area contributed by atoms with Gasteiger partial charge in [-0.2, -0.15) is 0 Å². The summed E-state index contributed by atoms with van der Waals surface area (Å²) < 4.78 is 1.01. The number of hydrogen-bond donors (Lipinski definition) is 2. The van der Waals surface area contributed by atoms with Crippen molar-refractivity contribution in [2.45, 2.75) is 20.3 Å². The van der Waals surface area contributed by atoms with Crippen LogP contribution in [-0.2, 0) is 4.79 Å². The van der Waals surface area contributed by atoms with Crippen molar-refractivity contribution >= 4 is 38.9 Å². The quantitative estimate of drug-likeness (QED) is 0.783. The first-order chi connectivity index (χ1) is 10.0. The van der Waals surface area contributed by atoms with E-state index in [0.717, 1.165) is 21.5 Å². The van der Waals surface area contributed by atoms with Crippen molar-refractivity contribution < 1.29 is 4.79 Å². The molecule has 110 valence electrons. The number of hydrogen-bond acceptors (Lipinski definition) is 2. The third-order valence-corrected chi connectivity index (χ3v) is 3.61. The van der Waals surface area contributed by atoms with E-state index in [9.17, 15) is 4.79 Å². The summed E-state index contributed by atoms with van der Waals surface area (Å²) in [4.78, 5) is 11.7. The summed E-state index contributed by atoms with van der Waals surface area (Å²) in [5, 5.41) is 6.23. The van der Waals surface area contributed by atoms with Crippen molar-refractivity contribution in [2.24, 2.45) is 5.92 Å². The van der Waals surface area contributed by atoms with Gasteiger partial charge in [-0.3, -0.25) is 4.79 Å². The van der Waals surface area contributed by atoms with Gasteiger partial charge in [0, 0.05) is 22.3 Å². The van der Waals surface area contributed by atoms with Gasteiger partial charge in [-0.25, -0.2) is 0 Å². The molecule has 0 atom stereocenters. The first kappa shape index (κ1) is 15.6. The van der Waals surface area contributed by atoms with Crippen molar-refractivity contribution in [1.29, 1.82) is 0 Å². The fraction of sp³-hybridized carbons (Fsp3) is 0.235. The normalized spacial score (nSPS) is 10.5. The summed E-state index contributed by atoms with van der Waals surface area (Å²) in [6.45, 7) is 4.06. The van der Waals surface area contributed by atoms with Crippen LogP contribution in [0.15, 0.2) is 53.0 Å². The maximum Gasteiger partial charge on any atom is 0.224 e. The van der Waals surface area contributed by atoms with Crippen LogP contribution < -0.4 is 10.6 Å². The fourth-order valence-electron chi connectivity index (χ4n) is 1.94. The molecule has 2 rings (SSSR count). The first-order valence-corrected chi connectivity index (χ1v) is 7.75. The van der Waals surface area contributed by atoms with Crippen LogP contribution in [0, 0.1) is 5.92 Å². The zero-order valence-electron chi connectivity index (χ0n) is 12.2. The Morgan fingerprint density at radius 3 is 2.29 bits per heavy atom. The largest absolute Gasteiger partial charge is 0.355 e. The topological polar surface area (TPSA) is 41.1 Å². The van der Waals surface area contributed by atoms with E-state index in [2.05, 4.69) is 26.6 Å². The Bertz CT molecular complexity index is 608. The van der Waals surface area contributed by atoms with E-state index in [0.29, 0.717) is 12.3 Å². The van der Waals surface area contributed by atoms with Crippen LogP contribution in [0.25, 0.3) is 0 Å². The highest BCUT2D eigenvalue weighted by atomic mass is 79.9.